The first-order chi connectivity index (χ1) is 16.3. The van der Waals surface area contributed by atoms with Crippen molar-refractivity contribution in [3.63, 3.8) is 0 Å². The summed E-state index contributed by atoms with van der Waals surface area (Å²) in [5.41, 5.74) is 9.22. The van der Waals surface area contributed by atoms with Gasteiger partial charge in [-0.3, -0.25) is 14.6 Å². The Hall–Kier alpha value is -3.24. The summed E-state index contributed by atoms with van der Waals surface area (Å²) >= 11 is 6.71. The maximum absolute atomic E-state index is 12.9. The number of fused-ring (bicyclic) bond motifs is 3. The third-order valence-electron chi connectivity index (χ3n) is 7.55. The minimum atomic E-state index is -0.447. The lowest BCUT2D eigenvalue weighted by molar-refractivity contribution is -0.135. The summed E-state index contributed by atoms with van der Waals surface area (Å²) in [6.45, 7) is 1.93. The number of carbonyl (C=O) groups excluding carboxylic acids is 1. The molecule has 11 heteroatoms. The molecule has 0 radical (unpaired) electrons. The number of aromatic nitrogens is 6. The van der Waals surface area contributed by atoms with Crippen molar-refractivity contribution in [3.05, 3.63) is 29.5 Å². The normalized spacial score (nSPS) is 24.0. The van der Waals surface area contributed by atoms with Gasteiger partial charge in [0.2, 0.25) is 11.6 Å². The number of anilines is 1. The average molecular weight is 480 g/mol. The molecule has 176 valence electrons. The Kier molecular flexibility index (Phi) is 4.62. The van der Waals surface area contributed by atoms with Crippen LogP contribution in [0, 0.1) is 17.3 Å². The van der Waals surface area contributed by atoms with Crippen LogP contribution in [0.1, 0.15) is 6.42 Å². The highest BCUT2D eigenvalue weighted by Gasteiger charge is 2.69. The highest BCUT2D eigenvalue weighted by Crippen LogP contribution is 2.62. The lowest BCUT2D eigenvalue weighted by Crippen LogP contribution is -2.39. The lowest BCUT2D eigenvalue weighted by Gasteiger charge is -2.26. The fourth-order valence-corrected chi connectivity index (χ4v) is 6.11. The van der Waals surface area contributed by atoms with Crippen molar-refractivity contribution in [2.45, 2.75) is 6.42 Å². The lowest BCUT2D eigenvalue weighted by atomic mass is 10.00. The van der Waals surface area contributed by atoms with Gasteiger partial charge in [0.1, 0.15) is 11.3 Å². The Morgan fingerprint density at radius 1 is 1.35 bits per heavy atom. The number of nitrogens with two attached hydrogens (primary N) is 1. The van der Waals surface area contributed by atoms with Gasteiger partial charge in [0, 0.05) is 57.9 Å². The summed E-state index contributed by atoms with van der Waals surface area (Å²) in [5.74, 6) is 1.46. The van der Waals surface area contributed by atoms with Crippen LogP contribution in [0.25, 0.3) is 33.3 Å². The molecule has 1 aromatic carbocycles. The Balaban J connectivity index is 1.30. The molecule has 2 fully saturated rings. The van der Waals surface area contributed by atoms with Gasteiger partial charge in [-0.1, -0.05) is 11.6 Å². The summed E-state index contributed by atoms with van der Waals surface area (Å²) in [6, 6.07) is 3.86. The fraction of sp³-hybridized carbons (Fsp3) is 0.435. The van der Waals surface area contributed by atoms with E-state index in [4.69, 9.17) is 27.3 Å². The molecule has 0 spiro atoms. The van der Waals surface area contributed by atoms with Crippen LogP contribution in [0.4, 0.5) is 5.82 Å². The standard InChI is InChI=1S/C23H26ClN9O/c1-31(2)22(34)23(11-25)14-6-7-33(10-15(14)23)17-8-26-20-19(28-29-21(20)27-17)12-4-5-16-13(18(12)24)9-32(3)30-16/h4-5,8-9,14-15H,6-7,10-11,25H2,1-3H3,(H,27,28,29). The van der Waals surface area contributed by atoms with Gasteiger partial charge < -0.3 is 15.5 Å². The number of halogens is 1. The number of carbonyl (C=O) groups is 1. The molecule has 2 aliphatic rings. The Labute approximate surface area is 201 Å². The number of aromatic amines is 1. The zero-order chi connectivity index (χ0) is 23.8. The highest BCUT2D eigenvalue weighted by atomic mass is 35.5. The molecule has 1 saturated carbocycles. The van der Waals surface area contributed by atoms with E-state index >= 15 is 0 Å². The van der Waals surface area contributed by atoms with Crippen LogP contribution in [0.2, 0.25) is 5.02 Å². The van der Waals surface area contributed by atoms with Gasteiger partial charge in [-0.15, -0.1) is 0 Å². The van der Waals surface area contributed by atoms with E-state index in [-0.39, 0.29) is 11.8 Å². The van der Waals surface area contributed by atoms with Gasteiger partial charge in [0.25, 0.3) is 0 Å². The predicted molar refractivity (Wildman–Crippen MR) is 130 cm³/mol. The summed E-state index contributed by atoms with van der Waals surface area (Å²) < 4.78 is 1.74. The fourth-order valence-electron chi connectivity index (χ4n) is 5.81. The number of nitrogens with one attached hydrogen (secondary N) is 1. The summed E-state index contributed by atoms with van der Waals surface area (Å²) in [5, 5.41) is 13.4. The molecule has 6 rings (SSSR count). The maximum atomic E-state index is 12.9. The first kappa shape index (κ1) is 21.3. The van der Waals surface area contributed by atoms with Crippen LogP contribution in [-0.2, 0) is 11.8 Å². The molecule has 1 saturated heterocycles. The molecule has 4 aromatic rings. The molecule has 3 unspecified atom stereocenters. The molecule has 3 N–H and O–H groups in total. The molecular weight excluding hydrogens is 454 g/mol. The zero-order valence-corrected chi connectivity index (χ0v) is 20.0. The molecule has 1 aliphatic heterocycles. The summed E-state index contributed by atoms with van der Waals surface area (Å²) in [4.78, 5) is 26.2. The van der Waals surface area contributed by atoms with Crippen molar-refractivity contribution in [2.24, 2.45) is 30.0 Å². The molecule has 1 aliphatic carbocycles. The largest absolute Gasteiger partial charge is 0.355 e. The monoisotopic (exact) mass is 479 g/mol. The second-order valence-electron chi connectivity index (χ2n) is 9.55. The van der Waals surface area contributed by atoms with E-state index in [2.05, 4.69) is 20.2 Å². The Morgan fingerprint density at radius 2 is 2.18 bits per heavy atom. The molecule has 4 heterocycles. The number of rotatable bonds is 4. The first-order valence-corrected chi connectivity index (χ1v) is 11.7. The summed E-state index contributed by atoms with van der Waals surface area (Å²) in [6.07, 6.45) is 4.58. The Bertz CT molecular complexity index is 1440. The second-order valence-corrected chi connectivity index (χ2v) is 9.93. The second kappa shape index (κ2) is 7.38. The summed E-state index contributed by atoms with van der Waals surface area (Å²) in [7, 11) is 5.47. The predicted octanol–water partition coefficient (Wildman–Crippen LogP) is 2.05. The van der Waals surface area contributed by atoms with E-state index in [0.717, 1.165) is 47.5 Å². The molecule has 34 heavy (non-hydrogen) atoms. The van der Waals surface area contributed by atoms with E-state index in [1.807, 2.05) is 25.4 Å². The van der Waals surface area contributed by atoms with E-state index in [9.17, 15) is 4.79 Å². The molecule has 1 amide bonds. The van der Waals surface area contributed by atoms with Crippen molar-refractivity contribution in [1.29, 1.82) is 0 Å². The van der Waals surface area contributed by atoms with E-state index < -0.39 is 5.41 Å². The van der Waals surface area contributed by atoms with Crippen molar-refractivity contribution < 1.29 is 4.79 Å². The molecule has 3 atom stereocenters. The van der Waals surface area contributed by atoms with Gasteiger partial charge >= 0.3 is 0 Å². The minimum absolute atomic E-state index is 0.132. The number of aryl methyl sites for hydroxylation is 1. The number of H-pyrrole nitrogens is 1. The Morgan fingerprint density at radius 3 is 2.94 bits per heavy atom. The van der Waals surface area contributed by atoms with Gasteiger partial charge in [-0.25, -0.2) is 9.97 Å². The number of hydrogen-bond donors (Lipinski definition) is 2. The van der Waals surface area contributed by atoms with Gasteiger partial charge in [-0.05, 0) is 30.4 Å². The molecule has 3 aromatic heterocycles. The quantitative estimate of drug-likeness (QED) is 0.459. The van der Waals surface area contributed by atoms with Crippen LogP contribution in [0.15, 0.2) is 24.5 Å². The molecule has 0 bridgehead atoms. The van der Waals surface area contributed by atoms with E-state index in [1.165, 1.54) is 0 Å². The van der Waals surface area contributed by atoms with Gasteiger partial charge in [-0.2, -0.15) is 10.2 Å². The van der Waals surface area contributed by atoms with Crippen molar-refractivity contribution in [2.75, 3.05) is 38.6 Å². The number of nitrogens with zero attached hydrogens (tertiary/aromatic N) is 7. The maximum Gasteiger partial charge on any atom is 0.230 e. The third kappa shape index (κ3) is 2.88. The van der Waals surface area contributed by atoms with Crippen LogP contribution >= 0.6 is 11.6 Å². The van der Waals surface area contributed by atoms with Gasteiger partial charge in [0.15, 0.2) is 0 Å². The van der Waals surface area contributed by atoms with Crippen LogP contribution in [0.3, 0.4) is 0 Å². The number of hydrogen-bond acceptors (Lipinski definition) is 7. The van der Waals surface area contributed by atoms with Gasteiger partial charge in [0.05, 0.1) is 27.8 Å². The molecular formula is C23H26ClN9O. The number of piperidine rings is 1. The highest BCUT2D eigenvalue weighted by molar-refractivity contribution is 6.38. The van der Waals surface area contributed by atoms with E-state index in [0.29, 0.717) is 28.6 Å². The smallest absolute Gasteiger partial charge is 0.230 e. The average Bonchev–Trinajstić information content (AvgIpc) is 3.07. The topological polar surface area (TPSA) is 122 Å². The van der Waals surface area contributed by atoms with Crippen molar-refractivity contribution in [3.8, 4) is 11.3 Å². The van der Waals surface area contributed by atoms with Crippen molar-refractivity contribution >= 4 is 45.4 Å². The van der Waals surface area contributed by atoms with E-state index in [1.54, 1.807) is 29.9 Å². The number of amides is 1. The first-order valence-electron chi connectivity index (χ1n) is 11.3. The van der Waals surface area contributed by atoms with Crippen LogP contribution in [-0.4, -0.2) is 74.5 Å². The van der Waals surface area contributed by atoms with Crippen LogP contribution in [0.5, 0.6) is 0 Å². The minimum Gasteiger partial charge on any atom is -0.355 e. The molecule has 10 nitrogen and oxygen atoms in total. The van der Waals surface area contributed by atoms with Crippen molar-refractivity contribution in [1.82, 2.24) is 34.8 Å². The number of benzene rings is 1. The van der Waals surface area contributed by atoms with Crippen LogP contribution < -0.4 is 10.6 Å². The third-order valence-corrected chi connectivity index (χ3v) is 7.96. The zero-order valence-electron chi connectivity index (χ0n) is 19.3. The SMILES string of the molecule is CN(C)C(=O)C1(CN)C2CCN(c3cnc4c(-c5ccc6nn(C)cc6c5Cl)[nH]nc4n3)CC21.